The lowest BCUT2D eigenvalue weighted by molar-refractivity contribution is 0.0943. The molecule has 0 fully saturated rings. The van der Waals surface area contributed by atoms with Crippen LogP contribution >= 0.6 is 0 Å². The summed E-state index contributed by atoms with van der Waals surface area (Å²) in [7, 11) is 1.84. The van der Waals surface area contributed by atoms with Crippen molar-refractivity contribution in [2.45, 2.75) is 26.9 Å². The van der Waals surface area contributed by atoms with Gasteiger partial charge in [0.2, 0.25) is 0 Å². The number of hydrogen-bond acceptors (Lipinski definition) is 6. The minimum atomic E-state index is -0.417. The van der Waals surface area contributed by atoms with E-state index in [4.69, 9.17) is 9.40 Å². The number of fused-ring (bicyclic) bond motifs is 1. The van der Waals surface area contributed by atoms with Crippen molar-refractivity contribution in [2.24, 2.45) is 7.05 Å². The summed E-state index contributed by atoms with van der Waals surface area (Å²) in [4.78, 5) is 31.2. The van der Waals surface area contributed by atoms with Gasteiger partial charge in [-0.05, 0) is 38.1 Å². The number of pyridine rings is 1. The highest BCUT2D eigenvalue weighted by Crippen LogP contribution is 2.27. The van der Waals surface area contributed by atoms with E-state index in [0.29, 0.717) is 40.2 Å². The van der Waals surface area contributed by atoms with E-state index in [0.717, 1.165) is 11.3 Å². The fraction of sp³-hybridized carbons (Fsp3) is 0.192. The highest BCUT2D eigenvalue weighted by Gasteiger charge is 2.21. The first-order valence-electron chi connectivity index (χ1n) is 11.5. The van der Waals surface area contributed by atoms with Crippen molar-refractivity contribution in [1.82, 2.24) is 29.9 Å². The van der Waals surface area contributed by atoms with Gasteiger partial charge in [-0.1, -0.05) is 18.2 Å². The zero-order valence-electron chi connectivity index (χ0n) is 20.1. The number of carbonyl (C=O) groups is 2. The van der Waals surface area contributed by atoms with Crippen molar-refractivity contribution in [1.29, 1.82) is 0 Å². The van der Waals surface area contributed by atoms with Crippen LogP contribution in [0.4, 0.5) is 5.69 Å². The molecule has 36 heavy (non-hydrogen) atoms. The molecule has 0 saturated heterocycles. The van der Waals surface area contributed by atoms with E-state index in [1.54, 1.807) is 40.0 Å². The summed E-state index contributed by atoms with van der Waals surface area (Å²) >= 11 is 0. The van der Waals surface area contributed by atoms with Crippen LogP contribution in [0.1, 0.15) is 39.2 Å². The second kappa shape index (κ2) is 9.49. The normalized spacial score (nSPS) is 11.1. The predicted molar refractivity (Wildman–Crippen MR) is 134 cm³/mol. The molecule has 10 heteroatoms. The van der Waals surface area contributed by atoms with Gasteiger partial charge in [0.1, 0.15) is 5.76 Å². The lowest BCUT2D eigenvalue weighted by atomic mass is 10.0. The molecule has 182 valence electrons. The Morgan fingerprint density at radius 1 is 1.06 bits per heavy atom. The summed E-state index contributed by atoms with van der Waals surface area (Å²) in [6, 6.07) is 12.7. The smallest absolute Gasteiger partial charge is 0.274 e. The fourth-order valence-corrected chi connectivity index (χ4v) is 4.05. The molecule has 4 aromatic heterocycles. The van der Waals surface area contributed by atoms with Gasteiger partial charge in [0.05, 0.1) is 41.0 Å². The van der Waals surface area contributed by atoms with Crippen LogP contribution in [0.5, 0.6) is 0 Å². The monoisotopic (exact) mass is 483 g/mol. The Bertz CT molecular complexity index is 1560. The largest absolute Gasteiger partial charge is 0.467 e. The van der Waals surface area contributed by atoms with Crippen LogP contribution in [0.3, 0.4) is 0 Å². The molecule has 5 aromatic rings. The maximum absolute atomic E-state index is 13.6. The highest BCUT2D eigenvalue weighted by molar-refractivity contribution is 6.14. The van der Waals surface area contributed by atoms with Crippen LogP contribution in [-0.2, 0) is 20.1 Å². The molecule has 0 aliphatic rings. The Morgan fingerprint density at radius 3 is 2.61 bits per heavy atom. The molecule has 0 aliphatic heterocycles. The molecule has 0 spiro atoms. The number of hydrogen-bond donors (Lipinski definition) is 2. The third-order valence-electron chi connectivity index (χ3n) is 5.80. The molecule has 4 heterocycles. The highest BCUT2D eigenvalue weighted by atomic mass is 16.3. The molecule has 0 bridgehead atoms. The molecule has 5 rings (SSSR count). The number of rotatable bonds is 7. The Hall–Kier alpha value is -4.73. The SMILES string of the molecule is CCn1cc(NC(=O)c2cc(-c3cn(C)nc3C)nc3ccccc23)c(C(=O)NCc2ccco2)n1. The van der Waals surface area contributed by atoms with Crippen LogP contribution in [0, 0.1) is 6.92 Å². The molecule has 10 nitrogen and oxygen atoms in total. The molecule has 2 N–H and O–H groups in total. The average Bonchev–Trinajstić information content (AvgIpc) is 3.62. The summed E-state index contributed by atoms with van der Waals surface area (Å²) in [6.45, 7) is 4.55. The molecule has 0 atom stereocenters. The van der Waals surface area contributed by atoms with E-state index in [1.165, 1.54) is 0 Å². The summed E-state index contributed by atoms with van der Waals surface area (Å²) in [6.07, 6.45) is 5.06. The third kappa shape index (κ3) is 4.48. The van der Waals surface area contributed by atoms with Crippen LogP contribution in [-0.4, -0.2) is 36.4 Å². The minimum absolute atomic E-state index is 0.124. The Kier molecular flexibility index (Phi) is 6.07. The van der Waals surface area contributed by atoms with Gasteiger partial charge in [-0.15, -0.1) is 0 Å². The Balaban J connectivity index is 1.49. The lowest BCUT2D eigenvalue weighted by Crippen LogP contribution is -2.25. The van der Waals surface area contributed by atoms with Crippen molar-refractivity contribution in [3.8, 4) is 11.3 Å². The van der Waals surface area contributed by atoms with Gasteiger partial charge in [0, 0.05) is 36.9 Å². The van der Waals surface area contributed by atoms with Gasteiger partial charge in [0.15, 0.2) is 5.69 Å². The van der Waals surface area contributed by atoms with Crippen molar-refractivity contribution < 1.29 is 14.0 Å². The second-order valence-corrected chi connectivity index (χ2v) is 8.34. The number of aromatic nitrogens is 5. The zero-order chi connectivity index (χ0) is 25.2. The molecule has 1 aromatic carbocycles. The minimum Gasteiger partial charge on any atom is -0.467 e. The van der Waals surface area contributed by atoms with Crippen LogP contribution in [0.2, 0.25) is 0 Å². The number of furan rings is 1. The molecule has 0 radical (unpaired) electrons. The molecule has 0 unspecified atom stereocenters. The predicted octanol–water partition coefficient (Wildman–Crippen LogP) is 3.94. The zero-order valence-corrected chi connectivity index (χ0v) is 20.1. The van der Waals surface area contributed by atoms with Gasteiger partial charge >= 0.3 is 0 Å². The van der Waals surface area contributed by atoms with Crippen molar-refractivity contribution in [3.63, 3.8) is 0 Å². The number of amides is 2. The van der Waals surface area contributed by atoms with Crippen molar-refractivity contribution in [2.75, 3.05) is 5.32 Å². The average molecular weight is 484 g/mol. The molecular weight excluding hydrogens is 458 g/mol. The summed E-state index contributed by atoms with van der Waals surface area (Å²) in [5.74, 6) is -0.169. The quantitative estimate of drug-likeness (QED) is 0.362. The first-order chi connectivity index (χ1) is 17.4. The van der Waals surface area contributed by atoms with Crippen LogP contribution < -0.4 is 10.6 Å². The van der Waals surface area contributed by atoms with Crippen molar-refractivity contribution in [3.05, 3.63) is 83.8 Å². The number of aryl methyl sites for hydroxylation is 3. The third-order valence-corrected chi connectivity index (χ3v) is 5.80. The Morgan fingerprint density at radius 2 is 1.89 bits per heavy atom. The summed E-state index contributed by atoms with van der Waals surface area (Å²) in [5.41, 5.74) is 3.86. The number of carbonyl (C=O) groups excluding carboxylic acids is 2. The standard InChI is InChI=1S/C26H25N7O3/c1-4-33-15-23(24(31-33)26(35)27-13-17-8-7-11-36-17)29-25(34)19-12-22(20-14-32(3)30-16(20)2)28-21-10-6-5-9-18(19)21/h5-12,14-15H,4,13H2,1-3H3,(H,27,35)(H,29,34). The van der Waals surface area contributed by atoms with E-state index in [1.807, 2.05) is 51.4 Å². The molecular formula is C26H25N7O3. The first-order valence-corrected chi connectivity index (χ1v) is 11.5. The van der Waals surface area contributed by atoms with E-state index < -0.39 is 5.91 Å². The molecule has 0 aliphatic carbocycles. The number of nitrogens with zero attached hydrogens (tertiary/aromatic N) is 5. The number of anilines is 1. The summed E-state index contributed by atoms with van der Waals surface area (Å²) in [5, 5.41) is 15.1. The number of para-hydroxylation sites is 1. The number of nitrogens with one attached hydrogen (secondary N) is 2. The van der Waals surface area contributed by atoms with Gasteiger partial charge in [-0.2, -0.15) is 10.2 Å². The van der Waals surface area contributed by atoms with E-state index >= 15 is 0 Å². The Labute approximate surface area is 206 Å². The first kappa shape index (κ1) is 23.0. The topological polar surface area (TPSA) is 120 Å². The summed E-state index contributed by atoms with van der Waals surface area (Å²) < 4.78 is 8.60. The van der Waals surface area contributed by atoms with E-state index in [2.05, 4.69) is 20.8 Å². The van der Waals surface area contributed by atoms with E-state index in [-0.39, 0.29) is 18.1 Å². The van der Waals surface area contributed by atoms with Gasteiger partial charge in [0.25, 0.3) is 11.8 Å². The van der Waals surface area contributed by atoms with Crippen LogP contribution in [0.25, 0.3) is 22.2 Å². The maximum atomic E-state index is 13.6. The van der Waals surface area contributed by atoms with Crippen molar-refractivity contribution >= 4 is 28.4 Å². The molecule has 0 saturated carbocycles. The molecule has 2 amide bonds. The fourth-order valence-electron chi connectivity index (χ4n) is 4.05. The van der Waals surface area contributed by atoms with E-state index in [9.17, 15) is 9.59 Å². The van der Waals surface area contributed by atoms with Gasteiger partial charge in [-0.3, -0.25) is 19.0 Å². The van der Waals surface area contributed by atoms with Gasteiger partial charge in [-0.25, -0.2) is 4.98 Å². The maximum Gasteiger partial charge on any atom is 0.274 e. The lowest BCUT2D eigenvalue weighted by Gasteiger charge is -2.10. The van der Waals surface area contributed by atoms with Gasteiger partial charge < -0.3 is 15.1 Å². The second-order valence-electron chi connectivity index (χ2n) is 8.34. The number of benzene rings is 1. The van der Waals surface area contributed by atoms with Crippen LogP contribution in [0.15, 0.2) is 65.5 Å².